The van der Waals surface area contributed by atoms with E-state index in [0.717, 1.165) is 6.20 Å². The lowest BCUT2D eigenvalue weighted by molar-refractivity contribution is -0.332. The average molecular weight is 538 g/mol. The van der Waals surface area contributed by atoms with E-state index < -0.39 is 30.1 Å². The summed E-state index contributed by atoms with van der Waals surface area (Å²) in [5.74, 6) is -5.18. The van der Waals surface area contributed by atoms with Crippen molar-refractivity contribution in [2.75, 3.05) is 0 Å². The van der Waals surface area contributed by atoms with Gasteiger partial charge in [0.25, 0.3) is 5.92 Å². The topological polar surface area (TPSA) is 121 Å². The van der Waals surface area contributed by atoms with Gasteiger partial charge in [-0.1, -0.05) is 28.6 Å². The summed E-state index contributed by atoms with van der Waals surface area (Å²) in [6, 6.07) is 9.03. The summed E-state index contributed by atoms with van der Waals surface area (Å²) in [7, 11) is 0. The molecule has 0 aliphatic carbocycles. The van der Waals surface area contributed by atoms with Crippen molar-refractivity contribution in [2.24, 2.45) is 0 Å². The number of hydrogen-bond acceptors (Lipinski definition) is 8. The van der Waals surface area contributed by atoms with Crippen molar-refractivity contribution in [1.29, 1.82) is 0 Å². The second-order valence-corrected chi connectivity index (χ2v) is 8.44. The highest BCUT2D eigenvalue weighted by Gasteiger charge is 2.67. The first-order valence-electron chi connectivity index (χ1n) is 10.8. The maximum atomic E-state index is 14.3. The number of aromatic nitrogens is 8. The molecule has 38 heavy (non-hydrogen) atoms. The van der Waals surface area contributed by atoms with E-state index >= 15 is 0 Å². The van der Waals surface area contributed by atoms with Gasteiger partial charge >= 0.3 is 6.18 Å². The van der Waals surface area contributed by atoms with Crippen molar-refractivity contribution in [3.63, 3.8) is 0 Å². The molecule has 1 unspecified atom stereocenters. The van der Waals surface area contributed by atoms with Crippen molar-refractivity contribution in [2.45, 2.75) is 37.7 Å². The summed E-state index contributed by atoms with van der Waals surface area (Å²) < 4.78 is 89.1. The fraction of sp³-hybridized carbons (Fsp3) is 0.273. The van der Waals surface area contributed by atoms with Crippen LogP contribution in [0.5, 0.6) is 0 Å². The first-order chi connectivity index (χ1) is 17.9. The van der Waals surface area contributed by atoms with Gasteiger partial charge in [-0.05, 0) is 12.1 Å². The second kappa shape index (κ2) is 8.90. The van der Waals surface area contributed by atoms with Crippen LogP contribution in [-0.2, 0) is 13.1 Å². The van der Waals surface area contributed by atoms with Gasteiger partial charge in [-0.15, -0.1) is 5.10 Å². The summed E-state index contributed by atoms with van der Waals surface area (Å²) in [4.78, 5) is 8.22. The molecule has 0 bridgehead atoms. The molecule has 0 saturated heterocycles. The van der Waals surface area contributed by atoms with E-state index in [1.54, 1.807) is 12.1 Å². The largest absolute Gasteiger partial charge is 0.425 e. The van der Waals surface area contributed by atoms with Crippen LogP contribution < -0.4 is 0 Å². The van der Waals surface area contributed by atoms with Gasteiger partial charge in [-0.3, -0.25) is 4.68 Å². The van der Waals surface area contributed by atoms with Gasteiger partial charge in [0.1, 0.15) is 23.5 Å². The van der Waals surface area contributed by atoms with Crippen LogP contribution in [0.4, 0.5) is 26.3 Å². The average Bonchev–Trinajstić information content (AvgIpc) is 3.59. The monoisotopic (exact) mass is 538 g/mol. The molecule has 1 atom stereocenters. The number of halogens is 6. The molecule has 4 heterocycles. The number of hydrogen-bond donors (Lipinski definition) is 1. The molecule has 1 N–H and O–H groups in total. The third-order valence-corrected chi connectivity index (χ3v) is 5.82. The Hall–Kier alpha value is -4.34. The SMILES string of the molecule is CC(F)(F)C(O)(Cn1nnc2cnc(-c3cc(-c4ccon4)n(Cc4ccccc4F)n3)nc21)C(F)(F)F. The summed E-state index contributed by atoms with van der Waals surface area (Å²) in [6.07, 6.45) is -3.27. The Bertz CT molecular complexity index is 1580. The molecule has 5 aromatic rings. The lowest BCUT2D eigenvalue weighted by Gasteiger charge is -2.34. The predicted octanol–water partition coefficient (Wildman–Crippen LogP) is 3.88. The quantitative estimate of drug-likeness (QED) is 0.310. The molecule has 4 aromatic heterocycles. The van der Waals surface area contributed by atoms with Gasteiger partial charge in [-0.2, -0.15) is 18.3 Å². The molecule has 0 radical (unpaired) electrons. The van der Waals surface area contributed by atoms with Crippen LogP contribution in [0.1, 0.15) is 12.5 Å². The molecular formula is C22H16F6N8O2. The molecule has 0 fully saturated rings. The zero-order valence-electron chi connectivity index (χ0n) is 19.2. The Kier molecular flexibility index (Phi) is 5.93. The van der Waals surface area contributed by atoms with Crippen LogP contribution in [-0.4, -0.2) is 62.7 Å². The number of rotatable bonds is 7. The van der Waals surface area contributed by atoms with Crippen LogP contribution in [0.15, 0.2) is 53.4 Å². The molecule has 198 valence electrons. The molecule has 0 amide bonds. The number of nitrogens with zero attached hydrogens (tertiary/aromatic N) is 8. The minimum atomic E-state index is -5.70. The second-order valence-electron chi connectivity index (χ2n) is 8.44. The fourth-order valence-corrected chi connectivity index (χ4v) is 3.68. The molecule has 0 aliphatic rings. The molecule has 16 heteroatoms. The Morgan fingerprint density at radius 1 is 1.03 bits per heavy atom. The van der Waals surface area contributed by atoms with Gasteiger partial charge in [0.2, 0.25) is 5.60 Å². The van der Waals surface area contributed by atoms with Crippen molar-refractivity contribution in [3.05, 3.63) is 60.2 Å². The molecule has 0 aliphatic heterocycles. The van der Waals surface area contributed by atoms with Gasteiger partial charge in [0, 0.05) is 18.6 Å². The summed E-state index contributed by atoms with van der Waals surface area (Å²) in [5, 5.41) is 25.2. The van der Waals surface area contributed by atoms with Crippen LogP contribution in [0.3, 0.4) is 0 Å². The van der Waals surface area contributed by atoms with Gasteiger partial charge < -0.3 is 9.63 Å². The predicted molar refractivity (Wildman–Crippen MR) is 117 cm³/mol. The van der Waals surface area contributed by atoms with E-state index in [9.17, 15) is 31.4 Å². The maximum Gasteiger partial charge on any atom is 0.425 e. The minimum Gasteiger partial charge on any atom is -0.374 e. The highest BCUT2D eigenvalue weighted by atomic mass is 19.4. The van der Waals surface area contributed by atoms with Crippen molar-refractivity contribution < 1.29 is 36.0 Å². The lowest BCUT2D eigenvalue weighted by Crippen LogP contribution is -2.60. The first-order valence-corrected chi connectivity index (χ1v) is 10.8. The van der Waals surface area contributed by atoms with Crippen molar-refractivity contribution in [1.82, 2.24) is 39.9 Å². The lowest BCUT2D eigenvalue weighted by atomic mass is 9.96. The van der Waals surface area contributed by atoms with Crippen LogP contribution >= 0.6 is 0 Å². The number of fused-ring (bicyclic) bond motifs is 1. The van der Waals surface area contributed by atoms with Crippen molar-refractivity contribution in [3.8, 4) is 22.9 Å². The summed E-state index contributed by atoms with van der Waals surface area (Å²) >= 11 is 0. The standard InChI is InChI=1S/C22H16F6N8O2/c1-20(24,25)21(37,22(26,27)28)11-36-19-16(31-34-36)9-29-18(30-19)15-8-17(14-6-7-38-33-14)35(32-15)10-12-4-2-3-5-13(12)23/h2-9,37H,10-11H2,1H3. The normalized spacial score (nSPS) is 14.2. The van der Waals surface area contributed by atoms with Gasteiger partial charge in [-0.25, -0.2) is 27.8 Å². The Morgan fingerprint density at radius 3 is 2.45 bits per heavy atom. The van der Waals surface area contributed by atoms with E-state index in [1.807, 2.05) is 0 Å². The third kappa shape index (κ3) is 4.36. The summed E-state index contributed by atoms with van der Waals surface area (Å²) in [6.45, 7) is -1.76. The molecule has 5 rings (SSSR count). The molecule has 10 nitrogen and oxygen atoms in total. The van der Waals surface area contributed by atoms with E-state index in [1.165, 1.54) is 35.2 Å². The Morgan fingerprint density at radius 2 is 1.79 bits per heavy atom. The zero-order chi connectivity index (χ0) is 27.3. The van der Waals surface area contributed by atoms with E-state index in [0.29, 0.717) is 21.6 Å². The van der Waals surface area contributed by atoms with Crippen LogP contribution in [0, 0.1) is 5.82 Å². The maximum absolute atomic E-state index is 14.3. The van der Waals surface area contributed by atoms with Gasteiger partial charge in [0.05, 0.1) is 25.0 Å². The highest BCUT2D eigenvalue weighted by Crippen LogP contribution is 2.43. The van der Waals surface area contributed by atoms with E-state index in [2.05, 4.69) is 30.5 Å². The molecule has 1 aromatic carbocycles. The Balaban J connectivity index is 1.57. The number of benzene rings is 1. The van der Waals surface area contributed by atoms with Crippen LogP contribution in [0.25, 0.3) is 34.1 Å². The Labute approximate surface area is 208 Å². The molecule has 0 spiro atoms. The molecule has 0 saturated carbocycles. The minimum absolute atomic E-state index is 0.0270. The highest BCUT2D eigenvalue weighted by molar-refractivity contribution is 5.72. The summed E-state index contributed by atoms with van der Waals surface area (Å²) in [5.41, 5.74) is -3.79. The van der Waals surface area contributed by atoms with E-state index in [4.69, 9.17) is 4.52 Å². The van der Waals surface area contributed by atoms with Crippen molar-refractivity contribution >= 4 is 11.2 Å². The third-order valence-electron chi connectivity index (χ3n) is 5.82. The number of alkyl halides is 5. The zero-order valence-corrected chi connectivity index (χ0v) is 19.2. The van der Waals surface area contributed by atoms with Gasteiger partial charge in [0.15, 0.2) is 17.0 Å². The first kappa shape index (κ1) is 25.3. The number of aliphatic hydroxyl groups is 1. The van der Waals surface area contributed by atoms with E-state index in [-0.39, 0.29) is 36.2 Å². The van der Waals surface area contributed by atoms with Crippen LogP contribution in [0.2, 0.25) is 0 Å². The smallest absolute Gasteiger partial charge is 0.374 e. The fourth-order valence-electron chi connectivity index (χ4n) is 3.68. The molecular weight excluding hydrogens is 522 g/mol.